The van der Waals surface area contributed by atoms with Crippen LogP contribution < -0.4 is 9.80 Å². The zero-order chi connectivity index (χ0) is 18.7. The third-order valence-electron chi connectivity index (χ3n) is 5.37. The quantitative estimate of drug-likeness (QED) is 0.821. The largest absolute Gasteiger partial charge is 0.347 e. The minimum atomic E-state index is 0.250. The second-order valence-corrected chi connectivity index (χ2v) is 7.99. The first-order valence-electron chi connectivity index (χ1n) is 9.92. The van der Waals surface area contributed by atoms with E-state index < -0.39 is 0 Å². The minimum Gasteiger partial charge on any atom is -0.347 e. The summed E-state index contributed by atoms with van der Waals surface area (Å²) < 4.78 is 0. The van der Waals surface area contributed by atoms with E-state index in [9.17, 15) is 4.79 Å². The van der Waals surface area contributed by atoms with Gasteiger partial charge in [-0.25, -0.2) is 0 Å². The van der Waals surface area contributed by atoms with Gasteiger partial charge in [0.1, 0.15) is 5.82 Å². The molecular formula is C19H32N6O. The molecule has 1 aromatic rings. The van der Waals surface area contributed by atoms with E-state index in [2.05, 4.69) is 33.7 Å². The van der Waals surface area contributed by atoms with Gasteiger partial charge < -0.3 is 14.7 Å². The molecule has 0 N–H and O–H groups in total. The maximum Gasteiger partial charge on any atom is 0.230 e. The second-order valence-electron chi connectivity index (χ2n) is 7.99. The van der Waals surface area contributed by atoms with Gasteiger partial charge in [-0.15, -0.1) is 0 Å². The Bertz CT molecular complexity index is 592. The third-order valence-corrected chi connectivity index (χ3v) is 5.37. The van der Waals surface area contributed by atoms with Gasteiger partial charge in [0.15, 0.2) is 0 Å². The van der Waals surface area contributed by atoms with Gasteiger partial charge in [0.2, 0.25) is 17.8 Å². The van der Waals surface area contributed by atoms with Crippen molar-refractivity contribution in [1.29, 1.82) is 0 Å². The summed E-state index contributed by atoms with van der Waals surface area (Å²) >= 11 is 0. The van der Waals surface area contributed by atoms with Gasteiger partial charge in [-0.3, -0.25) is 4.79 Å². The Kier molecular flexibility index (Phi) is 5.94. The van der Waals surface area contributed by atoms with Gasteiger partial charge in [-0.05, 0) is 12.8 Å². The summed E-state index contributed by atoms with van der Waals surface area (Å²) in [5.74, 6) is 3.11. The van der Waals surface area contributed by atoms with E-state index in [-0.39, 0.29) is 11.8 Å². The predicted molar refractivity (Wildman–Crippen MR) is 104 cm³/mol. The summed E-state index contributed by atoms with van der Waals surface area (Å²) in [4.78, 5) is 32.7. The number of piperazine rings is 1. The lowest BCUT2D eigenvalue weighted by Crippen LogP contribution is -2.51. The lowest BCUT2D eigenvalue weighted by Gasteiger charge is -2.37. The summed E-state index contributed by atoms with van der Waals surface area (Å²) in [6.07, 6.45) is 5.81. The molecule has 1 amide bonds. The van der Waals surface area contributed by atoms with Crippen LogP contribution in [0.2, 0.25) is 0 Å². The number of carbonyl (C=O) groups excluding carboxylic acids is 1. The van der Waals surface area contributed by atoms with Gasteiger partial charge in [-0.1, -0.05) is 33.1 Å². The lowest BCUT2D eigenvalue weighted by molar-refractivity contribution is -0.136. The number of hydrogen-bond donors (Lipinski definition) is 0. The van der Waals surface area contributed by atoms with Crippen molar-refractivity contribution in [2.75, 3.05) is 50.1 Å². The fourth-order valence-electron chi connectivity index (χ4n) is 3.70. The molecule has 0 bridgehead atoms. The Morgan fingerprint density at radius 3 is 2.23 bits per heavy atom. The van der Waals surface area contributed by atoms with E-state index in [1.807, 2.05) is 23.9 Å². The summed E-state index contributed by atoms with van der Waals surface area (Å²) in [7, 11) is 3.90. The minimum absolute atomic E-state index is 0.250. The maximum absolute atomic E-state index is 12.7. The van der Waals surface area contributed by atoms with Crippen LogP contribution in [-0.2, 0) is 4.79 Å². The highest BCUT2D eigenvalue weighted by Gasteiger charge is 2.29. The number of nitrogens with zero attached hydrogens (tertiary/aromatic N) is 6. The van der Waals surface area contributed by atoms with E-state index in [4.69, 9.17) is 0 Å². The van der Waals surface area contributed by atoms with Crippen molar-refractivity contribution >= 4 is 17.8 Å². The molecule has 0 aromatic carbocycles. The molecule has 1 saturated heterocycles. The average molecular weight is 361 g/mol. The Morgan fingerprint density at radius 2 is 1.65 bits per heavy atom. The Morgan fingerprint density at radius 1 is 1.00 bits per heavy atom. The molecule has 0 atom stereocenters. The fourth-order valence-corrected chi connectivity index (χ4v) is 3.70. The SMILES string of the molecule is CC(C)c1nc(N(C)C)nc(N2CCN(C(=O)C3CCCCC3)CC2)n1. The van der Waals surface area contributed by atoms with Crippen molar-refractivity contribution in [2.24, 2.45) is 5.92 Å². The monoisotopic (exact) mass is 360 g/mol. The number of amides is 1. The lowest BCUT2D eigenvalue weighted by atomic mass is 9.88. The van der Waals surface area contributed by atoms with Crippen molar-refractivity contribution in [3.63, 3.8) is 0 Å². The molecule has 1 aliphatic carbocycles. The van der Waals surface area contributed by atoms with Crippen LogP contribution in [0.5, 0.6) is 0 Å². The van der Waals surface area contributed by atoms with Crippen LogP contribution >= 0.6 is 0 Å². The van der Waals surface area contributed by atoms with Crippen LogP contribution in [0, 0.1) is 5.92 Å². The molecule has 7 heteroatoms. The van der Waals surface area contributed by atoms with Gasteiger partial charge in [0, 0.05) is 52.1 Å². The van der Waals surface area contributed by atoms with E-state index in [0.717, 1.165) is 50.8 Å². The first-order chi connectivity index (χ1) is 12.5. The standard InChI is InChI=1S/C19H32N6O/c1-14(2)16-20-18(23(3)4)22-19(21-16)25-12-10-24(11-13-25)17(26)15-8-6-5-7-9-15/h14-15H,5-13H2,1-4H3. The molecule has 1 aromatic heterocycles. The molecular weight excluding hydrogens is 328 g/mol. The molecule has 0 spiro atoms. The summed E-state index contributed by atoms with van der Waals surface area (Å²) in [6.45, 7) is 7.28. The van der Waals surface area contributed by atoms with E-state index in [1.165, 1.54) is 19.3 Å². The number of aromatic nitrogens is 3. The van der Waals surface area contributed by atoms with Crippen molar-refractivity contribution in [2.45, 2.75) is 51.9 Å². The molecule has 2 heterocycles. The third kappa shape index (κ3) is 4.24. The van der Waals surface area contributed by atoms with Gasteiger partial charge in [0.05, 0.1) is 0 Å². The Labute approximate surface area is 156 Å². The molecule has 0 radical (unpaired) electrons. The first kappa shape index (κ1) is 18.9. The highest BCUT2D eigenvalue weighted by molar-refractivity contribution is 5.79. The predicted octanol–water partition coefficient (Wildman–Crippen LogP) is 2.29. The summed E-state index contributed by atoms with van der Waals surface area (Å²) in [6, 6.07) is 0. The highest BCUT2D eigenvalue weighted by atomic mass is 16.2. The first-order valence-corrected chi connectivity index (χ1v) is 9.92. The molecule has 1 saturated carbocycles. The smallest absolute Gasteiger partial charge is 0.230 e. The molecule has 2 fully saturated rings. The number of anilines is 2. The van der Waals surface area contributed by atoms with Crippen LogP contribution in [0.4, 0.5) is 11.9 Å². The zero-order valence-corrected chi connectivity index (χ0v) is 16.6. The van der Waals surface area contributed by atoms with Crippen molar-refractivity contribution in [3.8, 4) is 0 Å². The Hall–Kier alpha value is -1.92. The van der Waals surface area contributed by atoms with E-state index >= 15 is 0 Å². The molecule has 144 valence electrons. The number of rotatable bonds is 4. The van der Waals surface area contributed by atoms with Crippen molar-refractivity contribution in [3.05, 3.63) is 5.82 Å². The van der Waals surface area contributed by atoms with E-state index in [1.54, 1.807) is 0 Å². The average Bonchev–Trinajstić information content (AvgIpc) is 2.67. The van der Waals surface area contributed by atoms with Crippen LogP contribution in [0.25, 0.3) is 0 Å². The molecule has 0 unspecified atom stereocenters. The van der Waals surface area contributed by atoms with E-state index in [0.29, 0.717) is 11.9 Å². The summed E-state index contributed by atoms with van der Waals surface area (Å²) in [5.41, 5.74) is 0. The summed E-state index contributed by atoms with van der Waals surface area (Å²) in [5, 5.41) is 0. The Balaban J connectivity index is 1.66. The zero-order valence-electron chi connectivity index (χ0n) is 16.6. The fraction of sp³-hybridized carbons (Fsp3) is 0.789. The van der Waals surface area contributed by atoms with Crippen LogP contribution in [0.3, 0.4) is 0 Å². The second kappa shape index (κ2) is 8.18. The highest BCUT2D eigenvalue weighted by Crippen LogP contribution is 2.26. The molecule has 1 aliphatic heterocycles. The van der Waals surface area contributed by atoms with Crippen molar-refractivity contribution in [1.82, 2.24) is 19.9 Å². The van der Waals surface area contributed by atoms with Crippen molar-refractivity contribution < 1.29 is 4.79 Å². The molecule has 2 aliphatic rings. The van der Waals surface area contributed by atoms with Gasteiger partial charge in [0.25, 0.3) is 0 Å². The van der Waals surface area contributed by atoms with Crippen LogP contribution in [0.15, 0.2) is 0 Å². The van der Waals surface area contributed by atoms with Crippen LogP contribution in [0.1, 0.15) is 57.7 Å². The molecule has 3 rings (SSSR count). The normalized spacial score (nSPS) is 19.1. The molecule has 7 nitrogen and oxygen atoms in total. The van der Waals surface area contributed by atoms with Crippen LogP contribution in [-0.4, -0.2) is 66.0 Å². The van der Waals surface area contributed by atoms with Gasteiger partial charge >= 0.3 is 0 Å². The topological polar surface area (TPSA) is 65.5 Å². The maximum atomic E-state index is 12.7. The van der Waals surface area contributed by atoms with Gasteiger partial charge in [-0.2, -0.15) is 15.0 Å². The molecule has 26 heavy (non-hydrogen) atoms. The number of hydrogen-bond acceptors (Lipinski definition) is 6. The number of carbonyl (C=O) groups is 1.